The van der Waals surface area contributed by atoms with Gasteiger partial charge in [0.25, 0.3) is 0 Å². The fourth-order valence-electron chi connectivity index (χ4n) is 1.90. The molecule has 3 aromatic rings. The molecular weight excluding hydrogens is 256 g/mol. The standard InChI is InChI=1S/C13H10N6O/c14-12(20)10-4-2-1-3-9(10)11-6-5-8(7-15-11)13-16-18-19-17-13/h1-7H,(H2,14,20)(H,16,17,18,19). The molecule has 0 bridgehead atoms. The molecule has 0 aliphatic heterocycles. The second-order valence-electron chi connectivity index (χ2n) is 4.09. The van der Waals surface area contributed by atoms with Gasteiger partial charge in [0.1, 0.15) is 0 Å². The summed E-state index contributed by atoms with van der Waals surface area (Å²) in [5, 5.41) is 13.5. The first-order valence-electron chi connectivity index (χ1n) is 5.85. The highest BCUT2D eigenvalue weighted by atomic mass is 16.1. The molecule has 3 rings (SSSR count). The van der Waals surface area contributed by atoms with Crippen molar-refractivity contribution in [2.45, 2.75) is 0 Å². The smallest absolute Gasteiger partial charge is 0.249 e. The molecule has 0 saturated heterocycles. The number of benzene rings is 1. The number of carbonyl (C=O) groups is 1. The zero-order valence-corrected chi connectivity index (χ0v) is 10.3. The van der Waals surface area contributed by atoms with Crippen molar-refractivity contribution in [1.82, 2.24) is 25.6 Å². The van der Waals surface area contributed by atoms with Crippen molar-refractivity contribution in [2.75, 3.05) is 0 Å². The molecule has 0 atom stereocenters. The Hall–Kier alpha value is -3.09. The van der Waals surface area contributed by atoms with E-state index in [9.17, 15) is 4.79 Å². The highest BCUT2D eigenvalue weighted by Gasteiger charge is 2.10. The Labute approximate surface area is 113 Å². The first-order valence-corrected chi connectivity index (χ1v) is 5.85. The van der Waals surface area contributed by atoms with Gasteiger partial charge in [-0.25, -0.2) is 5.10 Å². The van der Waals surface area contributed by atoms with Crippen molar-refractivity contribution in [3.8, 4) is 22.6 Å². The summed E-state index contributed by atoms with van der Waals surface area (Å²) >= 11 is 0. The molecule has 7 nitrogen and oxygen atoms in total. The molecule has 20 heavy (non-hydrogen) atoms. The Morgan fingerprint density at radius 3 is 2.65 bits per heavy atom. The van der Waals surface area contributed by atoms with Crippen molar-refractivity contribution >= 4 is 5.91 Å². The first-order chi connectivity index (χ1) is 9.75. The van der Waals surface area contributed by atoms with Crippen LogP contribution in [0.3, 0.4) is 0 Å². The number of rotatable bonds is 3. The largest absolute Gasteiger partial charge is 0.366 e. The molecule has 0 fully saturated rings. The van der Waals surface area contributed by atoms with Crippen LogP contribution in [-0.2, 0) is 0 Å². The molecule has 1 amide bonds. The average molecular weight is 266 g/mol. The molecule has 0 saturated carbocycles. The topological polar surface area (TPSA) is 110 Å². The van der Waals surface area contributed by atoms with Crippen molar-refractivity contribution in [1.29, 1.82) is 0 Å². The number of pyridine rings is 1. The summed E-state index contributed by atoms with van der Waals surface area (Å²) in [6.07, 6.45) is 1.63. The predicted octanol–water partition coefficient (Wildman–Crippen LogP) is 1.03. The molecule has 3 N–H and O–H groups in total. The summed E-state index contributed by atoms with van der Waals surface area (Å²) in [6.45, 7) is 0. The lowest BCUT2D eigenvalue weighted by molar-refractivity contribution is 0.100. The molecule has 2 heterocycles. The van der Waals surface area contributed by atoms with Gasteiger partial charge in [0.15, 0.2) is 5.82 Å². The Kier molecular flexibility index (Phi) is 2.92. The summed E-state index contributed by atoms with van der Waals surface area (Å²) in [5.41, 5.74) is 7.92. The van der Waals surface area contributed by atoms with Crippen molar-refractivity contribution < 1.29 is 4.79 Å². The van der Waals surface area contributed by atoms with Gasteiger partial charge < -0.3 is 5.73 Å². The molecule has 0 radical (unpaired) electrons. The molecule has 1 aromatic carbocycles. The van der Waals surface area contributed by atoms with E-state index in [1.54, 1.807) is 30.5 Å². The van der Waals surface area contributed by atoms with Crippen LogP contribution in [-0.4, -0.2) is 31.5 Å². The maximum absolute atomic E-state index is 11.4. The van der Waals surface area contributed by atoms with E-state index in [4.69, 9.17) is 5.73 Å². The Bertz CT molecular complexity index is 736. The van der Waals surface area contributed by atoms with Crippen LogP contribution in [0, 0.1) is 0 Å². The number of carbonyl (C=O) groups excluding carboxylic acids is 1. The second-order valence-corrected chi connectivity index (χ2v) is 4.09. The number of hydrogen-bond acceptors (Lipinski definition) is 5. The number of tetrazole rings is 1. The van der Waals surface area contributed by atoms with E-state index in [-0.39, 0.29) is 0 Å². The van der Waals surface area contributed by atoms with Crippen LogP contribution < -0.4 is 5.73 Å². The van der Waals surface area contributed by atoms with Crippen molar-refractivity contribution in [3.63, 3.8) is 0 Å². The van der Waals surface area contributed by atoms with Crippen molar-refractivity contribution in [2.24, 2.45) is 5.73 Å². The van der Waals surface area contributed by atoms with Gasteiger partial charge in [-0.2, -0.15) is 0 Å². The summed E-state index contributed by atoms with van der Waals surface area (Å²) in [5.74, 6) is 0.0538. The van der Waals surface area contributed by atoms with E-state index in [0.29, 0.717) is 22.6 Å². The number of nitrogens with one attached hydrogen (secondary N) is 1. The van der Waals surface area contributed by atoms with Crippen LogP contribution in [0.25, 0.3) is 22.6 Å². The van der Waals surface area contributed by atoms with Crippen LogP contribution in [0.1, 0.15) is 10.4 Å². The van der Waals surface area contributed by atoms with Crippen LogP contribution in [0.15, 0.2) is 42.6 Å². The number of nitrogens with zero attached hydrogens (tertiary/aromatic N) is 4. The predicted molar refractivity (Wildman–Crippen MR) is 71.4 cm³/mol. The monoisotopic (exact) mass is 266 g/mol. The molecule has 2 aromatic heterocycles. The van der Waals surface area contributed by atoms with E-state index in [1.165, 1.54) is 0 Å². The van der Waals surface area contributed by atoms with Gasteiger partial charge >= 0.3 is 0 Å². The third kappa shape index (κ3) is 2.12. The lowest BCUT2D eigenvalue weighted by Gasteiger charge is -2.06. The first kappa shape index (κ1) is 12.0. The summed E-state index contributed by atoms with van der Waals surface area (Å²) in [7, 11) is 0. The normalized spacial score (nSPS) is 10.4. The number of amides is 1. The summed E-state index contributed by atoms with van der Waals surface area (Å²) in [4.78, 5) is 15.7. The number of aromatic nitrogens is 5. The minimum absolute atomic E-state index is 0.439. The Balaban J connectivity index is 2.02. The van der Waals surface area contributed by atoms with Crippen LogP contribution >= 0.6 is 0 Å². The van der Waals surface area contributed by atoms with Gasteiger partial charge in [0.05, 0.1) is 5.69 Å². The quantitative estimate of drug-likeness (QED) is 0.735. The van der Waals surface area contributed by atoms with Gasteiger partial charge in [0, 0.05) is 22.9 Å². The summed E-state index contributed by atoms with van der Waals surface area (Å²) in [6, 6.07) is 10.7. The number of aromatic amines is 1. The maximum atomic E-state index is 11.4. The lowest BCUT2D eigenvalue weighted by Crippen LogP contribution is -2.12. The fraction of sp³-hybridized carbons (Fsp3) is 0. The summed E-state index contributed by atoms with van der Waals surface area (Å²) < 4.78 is 0. The number of hydrogen-bond donors (Lipinski definition) is 2. The second kappa shape index (κ2) is 4.88. The molecule has 0 aliphatic rings. The molecule has 0 unspecified atom stereocenters. The van der Waals surface area contributed by atoms with Crippen LogP contribution in [0.4, 0.5) is 0 Å². The van der Waals surface area contributed by atoms with Gasteiger partial charge in [-0.05, 0) is 28.6 Å². The highest BCUT2D eigenvalue weighted by Crippen LogP contribution is 2.23. The highest BCUT2D eigenvalue weighted by molar-refractivity contribution is 5.99. The maximum Gasteiger partial charge on any atom is 0.249 e. The van der Waals surface area contributed by atoms with E-state index in [0.717, 1.165) is 5.56 Å². The van der Waals surface area contributed by atoms with Crippen LogP contribution in [0.5, 0.6) is 0 Å². The zero-order chi connectivity index (χ0) is 13.9. The molecule has 0 aliphatic carbocycles. The fourth-order valence-corrected chi connectivity index (χ4v) is 1.90. The van der Waals surface area contributed by atoms with E-state index in [2.05, 4.69) is 25.6 Å². The minimum atomic E-state index is -0.481. The molecule has 0 spiro atoms. The minimum Gasteiger partial charge on any atom is -0.366 e. The van der Waals surface area contributed by atoms with Gasteiger partial charge in [0.2, 0.25) is 5.91 Å². The molecule has 98 valence electrons. The molecule has 7 heteroatoms. The SMILES string of the molecule is NC(=O)c1ccccc1-c1ccc(-c2nnn[nH]2)cn1. The lowest BCUT2D eigenvalue weighted by atomic mass is 10.0. The van der Waals surface area contributed by atoms with Gasteiger partial charge in [-0.15, -0.1) is 5.10 Å². The zero-order valence-electron chi connectivity index (χ0n) is 10.3. The average Bonchev–Trinajstić information content (AvgIpc) is 3.02. The van der Waals surface area contributed by atoms with Gasteiger partial charge in [-0.1, -0.05) is 18.2 Å². The van der Waals surface area contributed by atoms with Crippen LogP contribution in [0.2, 0.25) is 0 Å². The van der Waals surface area contributed by atoms with Gasteiger partial charge in [-0.3, -0.25) is 9.78 Å². The number of nitrogens with two attached hydrogens (primary N) is 1. The Morgan fingerprint density at radius 2 is 2.00 bits per heavy atom. The van der Waals surface area contributed by atoms with E-state index in [1.807, 2.05) is 12.1 Å². The third-order valence-electron chi connectivity index (χ3n) is 2.85. The third-order valence-corrected chi connectivity index (χ3v) is 2.85. The van der Waals surface area contributed by atoms with Crippen molar-refractivity contribution in [3.05, 3.63) is 48.2 Å². The van der Waals surface area contributed by atoms with E-state index < -0.39 is 5.91 Å². The number of primary amides is 1. The number of H-pyrrole nitrogens is 1. The Morgan fingerprint density at radius 1 is 1.15 bits per heavy atom. The molecular formula is C13H10N6O. The van der Waals surface area contributed by atoms with E-state index >= 15 is 0 Å².